The minimum Gasteiger partial charge on any atom is -0.371 e. The summed E-state index contributed by atoms with van der Waals surface area (Å²) >= 11 is 6.05. The molecule has 1 aliphatic heterocycles. The van der Waals surface area contributed by atoms with E-state index < -0.39 is 0 Å². The third-order valence-corrected chi connectivity index (χ3v) is 3.62. The first kappa shape index (κ1) is 12.7. The molecule has 94 valence electrons. The molecule has 0 aromatic heterocycles. The molecule has 1 heterocycles. The van der Waals surface area contributed by atoms with Gasteiger partial charge in [-0.3, -0.25) is 0 Å². The largest absolute Gasteiger partial charge is 0.371 e. The average molecular weight is 253 g/mol. The molecule has 2 nitrogen and oxygen atoms in total. The second kappa shape index (κ2) is 5.28. The van der Waals surface area contributed by atoms with Crippen LogP contribution in [0.5, 0.6) is 0 Å². The highest BCUT2D eigenvalue weighted by Crippen LogP contribution is 2.22. The zero-order valence-corrected chi connectivity index (χ0v) is 11.4. The molecular weight excluding hydrogens is 232 g/mol. The van der Waals surface area contributed by atoms with Crippen molar-refractivity contribution in [1.29, 1.82) is 0 Å². The van der Waals surface area contributed by atoms with Crippen LogP contribution in [0.4, 0.5) is 5.69 Å². The van der Waals surface area contributed by atoms with Crippen molar-refractivity contribution >= 4 is 17.3 Å². The molecule has 0 aliphatic carbocycles. The van der Waals surface area contributed by atoms with Crippen molar-refractivity contribution < 1.29 is 0 Å². The van der Waals surface area contributed by atoms with Gasteiger partial charge in [-0.1, -0.05) is 17.7 Å². The highest BCUT2D eigenvalue weighted by molar-refractivity contribution is 6.30. The molecule has 1 aromatic carbocycles. The summed E-state index contributed by atoms with van der Waals surface area (Å²) in [4.78, 5) is 2.44. The van der Waals surface area contributed by atoms with E-state index in [-0.39, 0.29) is 5.54 Å². The number of rotatable bonds is 1. The summed E-state index contributed by atoms with van der Waals surface area (Å²) in [5, 5.41) is 4.41. The third kappa shape index (κ3) is 3.62. The molecule has 1 fully saturated rings. The van der Waals surface area contributed by atoms with Crippen molar-refractivity contribution in [2.75, 3.05) is 24.5 Å². The van der Waals surface area contributed by atoms with Gasteiger partial charge >= 0.3 is 0 Å². The Balaban J connectivity index is 2.09. The van der Waals surface area contributed by atoms with Crippen molar-refractivity contribution in [3.63, 3.8) is 0 Å². The zero-order valence-electron chi connectivity index (χ0n) is 10.7. The maximum absolute atomic E-state index is 6.05. The van der Waals surface area contributed by atoms with E-state index in [0.717, 1.165) is 31.1 Å². The Morgan fingerprint density at radius 1 is 1.29 bits per heavy atom. The maximum Gasteiger partial charge on any atom is 0.0426 e. The van der Waals surface area contributed by atoms with Crippen molar-refractivity contribution in [2.45, 2.75) is 32.2 Å². The summed E-state index contributed by atoms with van der Waals surface area (Å²) < 4.78 is 0. The number of anilines is 1. The minimum absolute atomic E-state index is 0.233. The van der Waals surface area contributed by atoms with Gasteiger partial charge in [-0.2, -0.15) is 0 Å². The summed E-state index contributed by atoms with van der Waals surface area (Å²) in [6.45, 7) is 7.82. The lowest BCUT2D eigenvalue weighted by atomic mass is 9.98. The van der Waals surface area contributed by atoms with Crippen LogP contribution in [0.25, 0.3) is 0 Å². The Labute approximate surface area is 109 Å². The van der Waals surface area contributed by atoms with Gasteiger partial charge in [0.15, 0.2) is 0 Å². The highest BCUT2D eigenvalue weighted by atomic mass is 35.5. The molecule has 2 rings (SSSR count). The molecule has 0 unspecified atom stereocenters. The molecule has 1 aromatic rings. The van der Waals surface area contributed by atoms with Crippen molar-refractivity contribution in [3.05, 3.63) is 29.3 Å². The molecule has 1 saturated heterocycles. The van der Waals surface area contributed by atoms with Crippen LogP contribution in [0.1, 0.15) is 26.7 Å². The summed E-state index contributed by atoms with van der Waals surface area (Å²) in [6, 6.07) is 8.16. The SMILES string of the molecule is CC1(C)CCN(c2cccc(Cl)c2)CCCN1. The minimum atomic E-state index is 0.233. The van der Waals surface area contributed by atoms with Crippen LogP contribution in [-0.4, -0.2) is 25.2 Å². The van der Waals surface area contributed by atoms with E-state index in [1.165, 1.54) is 12.1 Å². The Bertz CT molecular complexity index is 376. The number of nitrogens with zero attached hydrogens (tertiary/aromatic N) is 1. The maximum atomic E-state index is 6.05. The van der Waals surface area contributed by atoms with E-state index >= 15 is 0 Å². The second-order valence-corrected chi connectivity index (χ2v) is 5.82. The molecular formula is C14H21ClN2. The number of hydrogen-bond donors (Lipinski definition) is 1. The molecule has 0 amide bonds. The lowest BCUT2D eigenvalue weighted by molar-refractivity contribution is 0.347. The van der Waals surface area contributed by atoms with Gasteiger partial charge in [-0.05, 0) is 51.4 Å². The zero-order chi connectivity index (χ0) is 12.3. The molecule has 3 heteroatoms. The fraction of sp³-hybridized carbons (Fsp3) is 0.571. The third-order valence-electron chi connectivity index (χ3n) is 3.39. The number of halogens is 1. The fourth-order valence-electron chi connectivity index (χ4n) is 2.24. The predicted octanol–water partition coefficient (Wildman–Crippen LogP) is 3.31. The molecule has 0 bridgehead atoms. The molecule has 0 radical (unpaired) electrons. The second-order valence-electron chi connectivity index (χ2n) is 5.38. The van der Waals surface area contributed by atoms with Gasteiger partial charge in [-0.15, -0.1) is 0 Å². The van der Waals surface area contributed by atoms with Gasteiger partial charge in [-0.25, -0.2) is 0 Å². The van der Waals surface area contributed by atoms with Crippen LogP contribution in [0, 0.1) is 0 Å². The Morgan fingerprint density at radius 3 is 2.88 bits per heavy atom. The van der Waals surface area contributed by atoms with Crippen LogP contribution in [0.2, 0.25) is 5.02 Å². The summed E-state index contributed by atoms with van der Waals surface area (Å²) in [5.74, 6) is 0. The van der Waals surface area contributed by atoms with Crippen molar-refractivity contribution in [2.24, 2.45) is 0 Å². The number of nitrogens with one attached hydrogen (secondary N) is 1. The van der Waals surface area contributed by atoms with E-state index in [2.05, 4.69) is 36.2 Å². The molecule has 1 N–H and O–H groups in total. The van der Waals surface area contributed by atoms with E-state index in [1.807, 2.05) is 12.1 Å². The van der Waals surface area contributed by atoms with Gasteiger partial charge in [0, 0.05) is 29.3 Å². The van der Waals surface area contributed by atoms with E-state index in [4.69, 9.17) is 11.6 Å². The normalized spacial score (nSPS) is 20.8. The Hall–Kier alpha value is -0.730. The van der Waals surface area contributed by atoms with Crippen molar-refractivity contribution in [1.82, 2.24) is 5.32 Å². The van der Waals surface area contributed by atoms with E-state index in [1.54, 1.807) is 0 Å². The van der Waals surface area contributed by atoms with Gasteiger partial charge in [0.05, 0.1) is 0 Å². The first-order valence-electron chi connectivity index (χ1n) is 6.32. The van der Waals surface area contributed by atoms with Gasteiger partial charge in [0.1, 0.15) is 0 Å². The summed E-state index contributed by atoms with van der Waals surface area (Å²) in [6.07, 6.45) is 2.33. The number of hydrogen-bond acceptors (Lipinski definition) is 2. The standard InChI is InChI=1S/C14H21ClN2/c1-14(2)7-10-17(9-4-8-16-14)13-6-3-5-12(15)11-13/h3,5-6,11,16H,4,7-10H2,1-2H3. The van der Waals surface area contributed by atoms with Crippen molar-refractivity contribution in [3.8, 4) is 0 Å². The lowest BCUT2D eigenvalue weighted by Gasteiger charge is -2.35. The van der Waals surface area contributed by atoms with Gasteiger partial charge < -0.3 is 10.2 Å². The fourth-order valence-corrected chi connectivity index (χ4v) is 2.43. The Morgan fingerprint density at radius 2 is 2.12 bits per heavy atom. The lowest BCUT2D eigenvalue weighted by Crippen LogP contribution is -2.46. The van der Waals surface area contributed by atoms with Crippen LogP contribution < -0.4 is 10.2 Å². The topological polar surface area (TPSA) is 15.3 Å². The Kier molecular flexibility index (Phi) is 3.95. The summed E-state index contributed by atoms with van der Waals surface area (Å²) in [5.41, 5.74) is 1.48. The van der Waals surface area contributed by atoms with Crippen LogP contribution in [0.3, 0.4) is 0 Å². The molecule has 1 aliphatic rings. The quantitative estimate of drug-likeness (QED) is 0.825. The first-order chi connectivity index (χ1) is 8.07. The first-order valence-corrected chi connectivity index (χ1v) is 6.70. The number of benzene rings is 1. The highest BCUT2D eigenvalue weighted by Gasteiger charge is 2.20. The predicted molar refractivity (Wildman–Crippen MR) is 75.0 cm³/mol. The summed E-state index contributed by atoms with van der Waals surface area (Å²) in [7, 11) is 0. The monoisotopic (exact) mass is 252 g/mol. The molecule has 0 saturated carbocycles. The van der Waals surface area contributed by atoms with Crippen LogP contribution in [-0.2, 0) is 0 Å². The molecule has 17 heavy (non-hydrogen) atoms. The molecule has 0 atom stereocenters. The molecule has 0 spiro atoms. The van der Waals surface area contributed by atoms with Gasteiger partial charge in [0.2, 0.25) is 0 Å². The van der Waals surface area contributed by atoms with Crippen LogP contribution >= 0.6 is 11.6 Å². The smallest absolute Gasteiger partial charge is 0.0426 e. The van der Waals surface area contributed by atoms with E-state index in [0.29, 0.717) is 0 Å². The average Bonchev–Trinajstić information content (AvgIpc) is 2.25. The van der Waals surface area contributed by atoms with E-state index in [9.17, 15) is 0 Å². The van der Waals surface area contributed by atoms with Crippen LogP contribution in [0.15, 0.2) is 24.3 Å². The van der Waals surface area contributed by atoms with Gasteiger partial charge in [0.25, 0.3) is 0 Å².